The van der Waals surface area contributed by atoms with Gasteiger partial charge in [-0.3, -0.25) is 0 Å². The van der Waals surface area contributed by atoms with E-state index >= 15 is 0 Å². The van der Waals surface area contributed by atoms with E-state index in [0.29, 0.717) is 5.89 Å². The van der Waals surface area contributed by atoms with Crippen LogP contribution in [-0.4, -0.2) is 9.97 Å². The maximum absolute atomic E-state index is 6.08. The van der Waals surface area contributed by atoms with Crippen molar-refractivity contribution in [1.29, 1.82) is 0 Å². The highest BCUT2D eigenvalue weighted by molar-refractivity contribution is 9.10. The van der Waals surface area contributed by atoms with Gasteiger partial charge in [-0.05, 0) is 59.7 Å². The van der Waals surface area contributed by atoms with Gasteiger partial charge in [0, 0.05) is 31.8 Å². The number of H-pyrrole nitrogens is 1. The molecule has 1 N–H and O–H groups in total. The first-order valence-electron chi connectivity index (χ1n) is 9.42. The minimum atomic E-state index is 0.646. The summed E-state index contributed by atoms with van der Waals surface area (Å²) in [4.78, 5) is 8.20. The Morgan fingerprint density at radius 2 is 1.48 bits per heavy atom. The van der Waals surface area contributed by atoms with E-state index < -0.39 is 0 Å². The number of nitrogens with zero attached hydrogens (tertiary/aromatic N) is 1. The van der Waals surface area contributed by atoms with Crippen molar-refractivity contribution >= 4 is 48.8 Å². The quantitative estimate of drug-likeness (QED) is 0.303. The minimum Gasteiger partial charge on any atom is -0.436 e. The second kappa shape index (κ2) is 6.33. The van der Waals surface area contributed by atoms with Crippen molar-refractivity contribution in [1.82, 2.24) is 9.97 Å². The average molecular weight is 439 g/mol. The average Bonchev–Trinajstić information content (AvgIpc) is 3.32. The number of halogens is 1. The maximum atomic E-state index is 6.08. The Hall–Kier alpha value is -3.37. The van der Waals surface area contributed by atoms with E-state index in [1.165, 1.54) is 16.5 Å². The fourth-order valence-electron chi connectivity index (χ4n) is 3.87. The van der Waals surface area contributed by atoms with Crippen LogP contribution in [0.15, 0.2) is 93.8 Å². The van der Waals surface area contributed by atoms with Crippen LogP contribution in [0.2, 0.25) is 0 Å². The summed E-state index contributed by atoms with van der Waals surface area (Å²) in [6.07, 6.45) is 0. The molecular formula is C25H15BrN2O. The Balaban J connectivity index is 1.55. The van der Waals surface area contributed by atoms with Crippen molar-refractivity contribution in [2.75, 3.05) is 0 Å². The molecular weight excluding hydrogens is 424 g/mol. The molecule has 0 fully saturated rings. The van der Waals surface area contributed by atoms with Gasteiger partial charge < -0.3 is 9.40 Å². The second-order valence-corrected chi connectivity index (χ2v) is 8.06. The molecule has 0 bridgehead atoms. The molecule has 138 valence electrons. The number of hydrogen-bond acceptors (Lipinski definition) is 2. The lowest BCUT2D eigenvalue weighted by molar-refractivity contribution is 0.620. The lowest BCUT2D eigenvalue weighted by Crippen LogP contribution is -1.78. The summed E-state index contributed by atoms with van der Waals surface area (Å²) >= 11 is 3.56. The van der Waals surface area contributed by atoms with E-state index in [-0.39, 0.29) is 0 Å². The molecule has 2 aromatic heterocycles. The molecule has 4 heteroatoms. The molecule has 0 aliphatic rings. The van der Waals surface area contributed by atoms with Crippen LogP contribution < -0.4 is 0 Å². The van der Waals surface area contributed by atoms with Crippen LogP contribution >= 0.6 is 15.9 Å². The van der Waals surface area contributed by atoms with Crippen LogP contribution in [0, 0.1) is 0 Å². The van der Waals surface area contributed by atoms with E-state index in [2.05, 4.69) is 74.4 Å². The molecule has 0 radical (unpaired) electrons. The molecule has 0 spiro atoms. The third-order valence-corrected chi connectivity index (χ3v) is 5.78. The molecule has 0 atom stereocenters. The monoisotopic (exact) mass is 438 g/mol. The predicted octanol–water partition coefficient (Wildman–Crippen LogP) is 7.56. The number of fused-ring (bicyclic) bond motifs is 4. The Labute approximate surface area is 175 Å². The maximum Gasteiger partial charge on any atom is 0.227 e. The first kappa shape index (κ1) is 16.6. The fourth-order valence-corrected chi connectivity index (χ4v) is 4.27. The molecule has 0 saturated carbocycles. The van der Waals surface area contributed by atoms with Gasteiger partial charge in [0.05, 0.1) is 0 Å². The molecule has 4 aromatic carbocycles. The highest BCUT2D eigenvalue weighted by atomic mass is 79.9. The molecule has 0 saturated heterocycles. The zero-order valence-electron chi connectivity index (χ0n) is 15.3. The van der Waals surface area contributed by atoms with Crippen molar-refractivity contribution in [2.45, 2.75) is 0 Å². The first-order chi connectivity index (χ1) is 14.2. The van der Waals surface area contributed by atoms with Crippen LogP contribution in [0.5, 0.6) is 0 Å². The Bertz CT molecular complexity index is 1510. The van der Waals surface area contributed by atoms with Gasteiger partial charge >= 0.3 is 0 Å². The van der Waals surface area contributed by atoms with Crippen LogP contribution in [-0.2, 0) is 0 Å². The summed E-state index contributed by atoms with van der Waals surface area (Å²) in [7, 11) is 0. The molecule has 29 heavy (non-hydrogen) atoms. The molecule has 0 aliphatic heterocycles. The van der Waals surface area contributed by atoms with Crippen LogP contribution in [0.25, 0.3) is 55.5 Å². The molecule has 6 aromatic rings. The topological polar surface area (TPSA) is 41.8 Å². The Morgan fingerprint density at radius 3 is 2.34 bits per heavy atom. The smallest absolute Gasteiger partial charge is 0.227 e. The molecule has 3 nitrogen and oxygen atoms in total. The first-order valence-corrected chi connectivity index (χ1v) is 10.2. The third kappa shape index (κ3) is 2.76. The number of benzene rings is 4. The van der Waals surface area contributed by atoms with E-state index in [4.69, 9.17) is 4.42 Å². The number of rotatable bonds is 2. The summed E-state index contributed by atoms with van der Waals surface area (Å²) in [5.41, 5.74) is 7.17. The van der Waals surface area contributed by atoms with Crippen molar-refractivity contribution < 1.29 is 4.42 Å². The second-order valence-electron chi connectivity index (χ2n) is 7.15. The summed E-state index contributed by atoms with van der Waals surface area (Å²) in [5.74, 6) is 0.646. The van der Waals surface area contributed by atoms with E-state index in [0.717, 1.165) is 37.6 Å². The van der Waals surface area contributed by atoms with Gasteiger partial charge in [0.15, 0.2) is 5.58 Å². The van der Waals surface area contributed by atoms with Gasteiger partial charge in [0.25, 0.3) is 0 Å². The molecule has 2 heterocycles. The number of aromatic amines is 1. The normalized spacial score (nSPS) is 11.6. The van der Waals surface area contributed by atoms with Gasteiger partial charge in [0.1, 0.15) is 5.52 Å². The van der Waals surface area contributed by atoms with Gasteiger partial charge in [-0.1, -0.05) is 52.3 Å². The summed E-state index contributed by atoms with van der Waals surface area (Å²) < 4.78 is 7.15. The Kier molecular flexibility index (Phi) is 3.61. The van der Waals surface area contributed by atoms with Crippen LogP contribution in [0.1, 0.15) is 0 Å². The fraction of sp³-hybridized carbons (Fsp3) is 0. The molecule has 6 rings (SSSR count). The predicted molar refractivity (Wildman–Crippen MR) is 122 cm³/mol. The number of aromatic nitrogens is 2. The van der Waals surface area contributed by atoms with Gasteiger partial charge in [-0.25, -0.2) is 4.98 Å². The summed E-state index contributed by atoms with van der Waals surface area (Å²) in [5, 5.41) is 2.32. The lowest BCUT2D eigenvalue weighted by atomic mass is 10.0. The standard InChI is InChI=1S/C25H15BrN2O/c26-18-8-4-7-16(11-18)17-9-10-21-19(12-17)20-13-24-23(14-22(20)27-21)28-25(29-24)15-5-2-1-3-6-15/h1-14,27H. The van der Waals surface area contributed by atoms with Gasteiger partial charge in [-0.15, -0.1) is 0 Å². The van der Waals surface area contributed by atoms with Crippen LogP contribution in [0.4, 0.5) is 0 Å². The van der Waals surface area contributed by atoms with E-state index in [1.54, 1.807) is 0 Å². The largest absolute Gasteiger partial charge is 0.436 e. The summed E-state index contributed by atoms with van der Waals surface area (Å²) in [6, 6.07) is 29.0. The highest BCUT2D eigenvalue weighted by Crippen LogP contribution is 2.34. The third-order valence-electron chi connectivity index (χ3n) is 5.29. The molecule has 0 amide bonds. The van der Waals surface area contributed by atoms with Crippen molar-refractivity contribution in [3.63, 3.8) is 0 Å². The SMILES string of the molecule is Brc1cccc(-c2ccc3[nH]c4cc5nc(-c6ccccc6)oc5cc4c3c2)c1. The number of nitrogens with one attached hydrogen (secondary N) is 1. The number of hydrogen-bond donors (Lipinski definition) is 1. The molecule has 0 unspecified atom stereocenters. The van der Waals surface area contributed by atoms with E-state index in [9.17, 15) is 0 Å². The zero-order chi connectivity index (χ0) is 19.4. The van der Waals surface area contributed by atoms with Crippen molar-refractivity contribution in [3.8, 4) is 22.6 Å². The van der Waals surface area contributed by atoms with Gasteiger partial charge in [-0.2, -0.15) is 0 Å². The number of oxazole rings is 1. The lowest BCUT2D eigenvalue weighted by Gasteiger charge is -2.03. The molecule has 0 aliphatic carbocycles. The summed E-state index contributed by atoms with van der Waals surface area (Å²) in [6.45, 7) is 0. The minimum absolute atomic E-state index is 0.646. The highest BCUT2D eigenvalue weighted by Gasteiger charge is 2.13. The van der Waals surface area contributed by atoms with E-state index in [1.807, 2.05) is 36.4 Å². The van der Waals surface area contributed by atoms with Crippen LogP contribution in [0.3, 0.4) is 0 Å². The zero-order valence-corrected chi connectivity index (χ0v) is 16.9. The van der Waals surface area contributed by atoms with Crippen molar-refractivity contribution in [3.05, 3.63) is 89.4 Å². The van der Waals surface area contributed by atoms with Gasteiger partial charge in [0.2, 0.25) is 5.89 Å². The van der Waals surface area contributed by atoms with Crippen molar-refractivity contribution in [2.24, 2.45) is 0 Å². The Morgan fingerprint density at radius 1 is 0.690 bits per heavy atom.